The summed E-state index contributed by atoms with van der Waals surface area (Å²) in [5.74, 6) is -0.417. The summed E-state index contributed by atoms with van der Waals surface area (Å²) in [5.41, 5.74) is 5.00. The van der Waals surface area contributed by atoms with Gasteiger partial charge in [0, 0.05) is 11.6 Å². The summed E-state index contributed by atoms with van der Waals surface area (Å²) in [6, 6.07) is 19.7. The highest BCUT2D eigenvalue weighted by atomic mass is 19.1. The lowest BCUT2D eigenvalue weighted by atomic mass is 10.2. The highest BCUT2D eigenvalue weighted by Gasteiger charge is 2.05. The fourth-order valence-corrected chi connectivity index (χ4v) is 2.22. The molecule has 0 fully saturated rings. The van der Waals surface area contributed by atoms with E-state index in [2.05, 4.69) is 10.5 Å². The molecule has 0 radical (unpaired) electrons. The van der Waals surface area contributed by atoms with E-state index in [1.807, 2.05) is 30.3 Å². The van der Waals surface area contributed by atoms with Crippen molar-refractivity contribution in [1.82, 2.24) is 0 Å². The second kappa shape index (κ2) is 8.06. The maximum absolute atomic E-state index is 13.5. The third-order valence-electron chi connectivity index (χ3n) is 3.43. The Hall–Kier alpha value is -3.21. The molecule has 126 valence electrons. The van der Waals surface area contributed by atoms with Crippen LogP contribution in [0.25, 0.3) is 0 Å². The SMILES string of the molecule is Fc1cccc(COc2cc(F)ccc2C=NNc2ccccc2)c1. The molecule has 0 saturated carbocycles. The van der Waals surface area contributed by atoms with Gasteiger partial charge in [0.1, 0.15) is 24.0 Å². The van der Waals surface area contributed by atoms with Crippen LogP contribution in [0.4, 0.5) is 14.5 Å². The lowest BCUT2D eigenvalue weighted by molar-refractivity contribution is 0.303. The van der Waals surface area contributed by atoms with Gasteiger partial charge < -0.3 is 4.74 Å². The average Bonchev–Trinajstić information content (AvgIpc) is 2.62. The minimum Gasteiger partial charge on any atom is -0.488 e. The monoisotopic (exact) mass is 338 g/mol. The van der Waals surface area contributed by atoms with E-state index in [1.165, 1.54) is 24.3 Å². The third-order valence-corrected chi connectivity index (χ3v) is 3.43. The quantitative estimate of drug-likeness (QED) is 0.507. The lowest BCUT2D eigenvalue weighted by Gasteiger charge is -2.09. The molecule has 1 N–H and O–H groups in total. The van der Waals surface area contributed by atoms with E-state index in [0.29, 0.717) is 16.9 Å². The summed E-state index contributed by atoms with van der Waals surface area (Å²) < 4.78 is 32.4. The number of halogens is 2. The second-order valence-corrected chi connectivity index (χ2v) is 5.34. The van der Waals surface area contributed by atoms with Gasteiger partial charge in [-0.2, -0.15) is 5.10 Å². The first-order chi connectivity index (χ1) is 12.2. The van der Waals surface area contributed by atoms with Crippen molar-refractivity contribution in [2.24, 2.45) is 5.10 Å². The van der Waals surface area contributed by atoms with E-state index < -0.39 is 5.82 Å². The molecule has 0 spiro atoms. The molecule has 0 unspecified atom stereocenters. The van der Waals surface area contributed by atoms with Crippen molar-refractivity contribution < 1.29 is 13.5 Å². The van der Waals surface area contributed by atoms with Crippen molar-refractivity contribution in [3.8, 4) is 5.75 Å². The third kappa shape index (κ3) is 4.88. The number of rotatable bonds is 6. The summed E-state index contributed by atoms with van der Waals surface area (Å²) in [4.78, 5) is 0. The number of para-hydroxylation sites is 1. The van der Waals surface area contributed by atoms with Crippen LogP contribution < -0.4 is 10.2 Å². The summed E-state index contributed by atoms with van der Waals surface area (Å²) in [5, 5.41) is 4.13. The predicted octanol–water partition coefficient (Wildman–Crippen LogP) is 4.99. The zero-order valence-corrected chi connectivity index (χ0v) is 13.3. The average molecular weight is 338 g/mol. The van der Waals surface area contributed by atoms with Crippen LogP contribution in [0.5, 0.6) is 5.75 Å². The van der Waals surface area contributed by atoms with Crippen molar-refractivity contribution in [2.75, 3.05) is 5.43 Å². The van der Waals surface area contributed by atoms with Crippen LogP contribution in [0.2, 0.25) is 0 Å². The van der Waals surface area contributed by atoms with Gasteiger partial charge >= 0.3 is 0 Å². The first kappa shape index (κ1) is 16.6. The first-order valence-electron chi connectivity index (χ1n) is 7.71. The lowest BCUT2D eigenvalue weighted by Crippen LogP contribution is -2.00. The van der Waals surface area contributed by atoms with Gasteiger partial charge in [-0.3, -0.25) is 5.43 Å². The van der Waals surface area contributed by atoms with Crippen LogP contribution in [0, 0.1) is 11.6 Å². The Kier molecular flexibility index (Phi) is 5.36. The number of hydrazone groups is 1. The van der Waals surface area contributed by atoms with E-state index in [9.17, 15) is 8.78 Å². The number of hydrogen-bond acceptors (Lipinski definition) is 3. The molecule has 0 aliphatic heterocycles. The Morgan fingerprint density at radius 3 is 2.48 bits per heavy atom. The van der Waals surface area contributed by atoms with Crippen molar-refractivity contribution in [2.45, 2.75) is 6.61 Å². The zero-order valence-electron chi connectivity index (χ0n) is 13.3. The molecule has 3 aromatic carbocycles. The molecule has 5 heteroatoms. The topological polar surface area (TPSA) is 33.6 Å². The van der Waals surface area contributed by atoms with Crippen LogP contribution in [0.3, 0.4) is 0 Å². The zero-order chi connectivity index (χ0) is 17.5. The van der Waals surface area contributed by atoms with Crippen molar-refractivity contribution in [3.63, 3.8) is 0 Å². The molecular formula is C20H16F2N2O. The fraction of sp³-hybridized carbons (Fsp3) is 0.0500. The Labute approximate surface area is 144 Å². The number of nitrogens with one attached hydrogen (secondary N) is 1. The minimum atomic E-state index is -0.414. The van der Waals surface area contributed by atoms with Crippen molar-refractivity contribution in [3.05, 3.63) is 95.6 Å². The maximum Gasteiger partial charge on any atom is 0.131 e. The molecule has 0 aromatic heterocycles. The number of anilines is 1. The Bertz CT molecular complexity index is 867. The largest absolute Gasteiger partial charge is 0.488 e. The number of hydrogen-bond donors (Lipinski definition) is 1. The Balaban J connectivity index is 1.71. The predicted molar refractivity (Wildman–Crippen MR) is 94.8 cm³/mol. The smallest absolute Gasteiger partial charge is 0.131 e. The number of ether oxygens (including phenoxy) is 1. The van der Waals surface area contributed by atoms with Gasteiger partial charge in [-0.1, -0.05) is 30.3 Å². The van der Waals surface area contributed by atoms with Crippen LogP contribution in [-0.4, -0.2) is 6.21 Å². The highest BCUT2D eigenvalue weighted by Crippen LogP contribution is 2.20. The van der Waals surface area contributed by atoms with Crippen molar-refractivity contribution >= 4 is 11.9 Å². The molecule has 25 heavy (non-hydrogen) atoms. The molecule has 3 rings (SSSR count). The van der Waals surface area contributed by atoms with E-state index >= 15 is 0 Å². The summed E-state index contributed by atoms with van der Waals surface area (Å²) in [6.07, 6.45) is 1.55. The van der Waals surface area contributed by atoms with Gasteiger partial charge in [0.25, 0.3) is 0 Å². The molecule has 0 heterocycles. The number of benzene rings is 3. The highest BCUT2D eigenvalue weighted by molar-refractivity contribution is 5.84. The second-order valence-electron chi connectivity index (χ2n) is 5.34. The minimum absolute atomic E-state index is 0.133. The molecule has 0 aliphatic rings. The first-order valence-corrected chi connectivity index (χ1v) is 7.71. The van der Waals surface area contributed by atoms with Crippen LogP contribution in [0.1, 0.15) is 11.1 Å². The van der Waals surface area contributed by atoms with Gasteiger partial charge in [-0.25, -0.2) is 8.78 Å². The van der Waals surface area contributed by atoms with Crippen LogP contribution in [-0.2, 0) is 6.61 Å². The maximum atomic E-state index is 13.5. The molecule has 0 amide bonds. The van der Waals surface area contributed by atoms with Crippen molar-refractivity contribution in [1.29, 1.82) is 0 Å². The summed E-state index contributed by atoms with van der Waals surface area (Å²) in [6.45, 7) is 0.133. The molecule has 0 atom stereocenters. The normalized spacial score (nSPS) is 10.8. The Morgan fingerprint density at radius 2 is 1.68 bits per heavy atom. The number of nitrogens with zero attached hydrogens (tertiary/aromatic N) is 1. The van der Waals surface area contributed by atoms with Gasteiger partial charge in [-0.05, 0) is 42.0 Å². The molecular weight excluding hydrogens is 322 g/mol. The molecule has 3 nitrogen and oxygen atoms in total. The van der Waals surface area contributed by atoms with Gasteiger partial charge in [0.05, 0.1) is 11.9 Å². The van der Waals surface area contributed by atoms with E-state index in [-0.39, 0.29) is 12.4 Å². The van der Waals surface area contributed by atoms with Crippen LogP contribution >= 0.6 is 0 Å². The molecule has 0 bridgehead atoms. The molecule has 3 aromatic rings. The van der Waals surface area contributed by atoms with E-state index in [0.717, 1.165) is 5.69 Å². The molecule has 0 aliphatic carbocycles. The standard InChI is InChI=1S/C20H16F2N2O/c21-17-6-4-5-15(11-17)14-25-20-12-18(22)10-9-16(20)13-23-24-19-7-2-1-3-8-19/h1-13,24H,14H2. The van der Waals surface area contributed by atoms with Gasteiger partial charge in [0.15, 0.2) is 0 Å². The Morgan fingerprint density at radius 1 is 0.880 bits per heavy atom. The summed E-state index contributed by atoms with van der Waals surface area (Å²) in [7, 11) is 0. The van der Waals surface area contributed by atoms with E-state index in [4.69, 9.17) is 4.74 Å². The van der Waals surface area contributed by atoms with Gasteiger partial charge in [-0.15, -0.1) is 0 Å². The fourth-order valence-electron chi connectivity index (χ4n) is 2.22. The molecule has 0 saturated heterocycles. The van der Waals surface area contributed by atoms with Crippen LogP contribution in [0.15, 0.2) is 77.9 Å². The van der Waals surface area contributed by atoms with E-state index in [1.54, 1.807) is 24.4 Å². The van der Waals surface area contributed by atoms with Gasteiger partial charge in [0.2, 0.25) is 0 Å². The summed E-state index contributed by atoms with van der Waals surface area (Å²) >= 11 is 0.